The van der Waals surface area contributed by atoms with Gasteiger partial charge in [0.1, 0.15) is 0 Å². The van der Waals surface area contributed by atoms with Gasteiger partial charge < -0.3 is 9.80 Å². The fourth-order valence-electron chi connectivity index (χ4n) is 1.84. The standard InChI is InChI=1S/C12H23N3O2/c1-3-14(2)11(16)9-13-10-12(17)15-7-5-4-6-8-15/h13H,3-10H2,1-2H3. The molecule has 0 atom stereocenters. The second-order valence-electron chi connectivity index (χ2n) is 4.45. The lowest BCUT2D eigenvalue weighted by Gasteiger charge is -2.26. The van der Waals surface area contributed by atoms with Gasteiger partial charge in [0.05, 0.1) is 13.1 Å². The monoisotopic (exact) mass is 241 g/mol. The third kappa shape index (κ3) is 4.73. The summed E-state index contributed by atoms with van der Waals surface area (Å²) >= 11 is 0. The Kier molecular flexibility index (Phi) is 5.97. The molecule has 1 aliphatic rings. The highest BCUT2D eigenvalue weighted by atomic mass is 16.2. The van der Waals surface area contributed by atoms with Gasteiger partial charge in [-0.1, -0.05) is 0 Å². The van der Waals surface area contributed by atoms with Crippen LogP contribution in [0.2, 0.25) is 0 Å². The number of amides is 2. The van der Waals surface area contributed by atoms with Gasteiger partial charge in [-0.05, 0) is 26.2 Å². The van der Waals surface area contributed by atoms with E-state index >= 15 is 0 Å². The Bertz CT molecular complexity index is 262. The minimum atomic E-state index is 0.0268. The summed E-state index contributed by atoms with van der Waals surface area (Å²) in [6.45, 7) is 4.86. The zero-order chi connectivity index (χ0) is 12.7. The van der Waals surface area contributed by atoms with Crippen molar-refractivity contribution in [3.8, 4) is 0 Å². The first-order valence-electron chi connectivity index (χ1n) is 6.37. The van der Waals surface area contributed by atoms with E-state index in [0.29, 0.717) is 6.54 Å². The summed E-state index contributed by atoms with van der Waals surface area (Å²) in [7, 11) is 1.76. The minimum absolute atomic E-state index is 0.0268. The van der Waals surface area contributed by atoms with E-state index in [9.17, 15) is 9.59 Å². The molecule has 2 amide bonds. The van der Waals surface area contributed by atoms with Crippen LogP contribution < -0.4 is 5.32 Å². The first kappa shape index (κ1) is 14.0. The van der Waals surface area contributed by atoms with Crippen molar-refractivity contribution >= 4 is 11.8 Å². The summed E-state index contributed by atoms with van der Waals surface area (Å²) < 4.78 is 0. The van der Waals surface area contributed by atoms with E-state index in [0.717, 1.165) is 25.9 Å². The number of carbonyl (C=O) groups excluding carboxylic acids is 2. The summed E-state index contributed by atoms with van der Waals surface area (Å²) in [5.41, 5.74) is 0. The van der Waals surface area contributed by atoms with Crippen LogP contribution in [-0.4, -0.2) is 61.4 Å². The first-order valence-corrected chi connectivity index (χ1v) is 6.37. The van der Waals surface area contributed by atoms with Gasteiger partial charge in [0.2, 0.25) is 11.8 Å². The molecule has 1 N–H and O–H groups in total. The maximum Gasteiger partial charge on any atom is 0.236 e. The van der Waals surface area contributed by atoms with Crippen molar-refractivity contribution in [2.45, 2.75) is 26.2 Å². The molecule has 1 saturated heterocycles. The van der Waals surface area contributed by atoms with Crippen molar-refractivity contribution in [2.24, 2.45) is 0 Å². The number of nitrogens with zero attached hydrogens (tertiary/aromatic N) is 2. The maximum atomic E-state index is 11.8. The summed E-state index contributed by atoms with van der Waals surface area (Å²) in [6.07, 6.45) is 3.42. The number of nitrogens with one attached hydrogen (secondary N) is 1. The quantitative estimate of drug-likeness (QED) is 0.741. The predicted octanol–water partition coefficient (Wildman–Crippen LogP) is 0.0668. The van der Waals surface area contributed by atoms with Crippen LogP contribution in [0.4, 0.5) is 0 Å². The molecular weight excluding hydrogens is 218 g/mol. The molecule has 0 aliphatic carbocycles. The average molecular weight is 241 g/mol. The highest BCUT2D eigenvalue weighted by molar-refractivity contribution is 5.81. The minimum Gasteiger partial charge on any atom is -0.345 e. The first-order chi connectivity index (χ1) is 8.15. The molecule has 1 heterocycles. The molecule has 5 nitrogen and oxygen atoms in total. The van der Waals surface area contributed by atoms with Crippen molar-refractivity contribution in [2.75, 3.05) is 39.8 Å². The molecule has 0 saturated carbocycles. The van der Waals surface area contributed by atoms with Gasteiger partial charge in [-0.25, -0.2) is 0 Å². The van der Waals surface area contributed by atoms with E-state index in [4.69, 9.17) is 0 Å². The smallest absolute Gasteiger partial charge is 0.236 e. The third-order valence-corrected chi connectivity index (χ3v) is 3.16. The second kappa shape index (κ2) is 7.27. The van der Waals surface area contributed by atoms with Gasteiger partial charge in [-0.15, -0.1) is 0 Å². The summed E-state index contributed by atoms with van der Waals surface area (Å²) in [5.74, 6) is 0.135. The van der Waals surface area contributed by atoms with E-state index in [2.05, 4.69) is 5.32 Å². The Morgan fingerprint density at radius 2 is 1.82 bits per heavy atom. The normalized spacial score (nSPS) is 15.8. The molecule has 1 fully saturated rings. The molecule has 5 heteroatoms. The molecular formula is C12H23N3O2. The number of rotatable bonds is 5. The van der Waals surface area contributed by atoms with Crippen LogP contribution in [0.1, 0.15) is 26.2 Å². The van der Waals surface area contributed by atoms with Crippen LogP contribution >= 0.6 is 0 Å². The predicted molar refractivity (Wildman–Crippen MR) is 66.6 cm³/mol. The van der Waals surface area contributed by atoms with E-state index in [1.807, 2.05) is 11.8 Å². The third-order valence-electron chi connectivity index (χ3n) is 3.16. The second-order valence-corrected chi connectivity index (χ2v) is 4.45. The van der Waals surface area contributed by atoms with Crippen molar-refractivity contribution in [1.82, 2.24) is 15.1 Å². The van der Waals surface area contributed by atoms with Crippen molar-refractivity contribution < 1.29 is 9.59 Å². The average Bonchev–Trinajstić information content (AvgIpc) is 2.38. The molecule has 98 valence electrons. The molecule has 17 heavy (non-hydrogen) atoms. The number of piperidine rings is 1. The van der Waals surface area contributed by atoms with Crippen LogP contribution in [0.5, 0.6) is 0 Å². The Morgan fingerprint density at radius 3 is 2.41 bits per heavy atom. The van der Waals surface area contributed by atoms with Crippen LogP contribution in [0.3, 0.4) is 0 Å². The van der Waals surface area contributed by atoms with E-state index in [1.165, 1.54) is 6.42 Å². The zero-order valence-corrected chi connectivity index (χ0v) is 10.9. The van der Waals surface area contributed by atoms with Gasteiger partial charge in [0.15, 0.2) is 0 Å². The van der Waals surface area contributed by atoms with E-state index in [1.54, 1.807) is 11.9 Å². The molecule has 0 aromatic heterocycles. The van der Waals surface area contributed by atoms with Gasteiger partial charge >= 0.3 is 0 Å². The molecule has 1 rings (SSSR count). The van der Waals surface area contributed by atoms with E-state index in [-0.39, 0.29) is 24.9 Å². The summed E-state index contributed by atoms with van der Waals surface area (Å²) in [6, 6.07) is 0. The van der Waals surface area contributed by atoms with Gasteiger partial charge in [-0.3, -0.25) is 14.9 Å². The number of hydrogen-bond donors (Lipinski definition) is 1. The molecule has 0 bridgehead atoms. The van der Waals surface area contributed by atoms with Crippen molar-refractivity contribution in [1.29, 1.82) is 0 Å². The van der Waals surface area contributed by atoms with Gasteiger partial charge in [-0.2, -0.15) is 0 Å². The Balaban J connectivity index is 2.17. The lowest BCUT2D eigenvalue weighted by molar-refractivity contribution is -0.131. The zero-order valence-electron chi connectivity index (χ0n) is 10.9. The largest absolute Gasteiger partial charge is 0.345 e. The molecule has 0 spiro atoms. The topological polar surface area (TPSA) is 52.7 Å². The highest BCUT2D eigenvalue weighted by Crippen LogP contribution is 2.07. The SMILES string of the molecule is CCN(C)C(=O)CNCC(=O)N1CCCCC1. The van der Waals surface area contributed by atoms with Crippen LogP contribution in [0.25, 0.3) is 0 Å². The van der Waals surface area contributed by atoms with E-state index < -0.39 is 0 Å². The number of hydrogen-bond acceptors (Lipinski definition) is 3. The Labute approximate surface area is 103 Å². The van der Waals surface area contributed by atoms with Crippen molar-refractivity contribution in [3.05, 3.63) is 0 Å². The Morgan fingerprint density at radius 1 is 1.18 bits per heavy atom. The lowest BCUT2D eigenvalue weighted by Crippen LogP contribution is -2.43. The summed E-state index contributed by atoms with van der Waals surface area (Å²) in [4.78, 5) is 26.7. The maximum absolute atomic E-state index is 11.8. The number of likely N-dealkylation sites (N-methyl/N-ethyl adjacent to an activating group) is 1. The molecule has 0 radical (unpaired) electrons. The van der Waals surface area contributed by atoms with Gasteiger partial charge in [0, 0.05) is 26.7 Å². The Hall–Kier alpha value is -1.10. The lowest BCUT2D eigenvalue weighted by atomic mass is 10.1. The molecule has 0 aromatic carbocycles. The molecule has 0 unspecified atom stereocenters. The highest BCUT2D eigenvalue weighted by Gasteiger charge is 2.16. The fourth-order valence-corrected chi connectivity index (χ4v) is 1.84. The fraction of sp³-hybridized carbons (Fsp3) is 0.833. The molecule has 0 aromatic rings. The van der Waals surface area contributed by atoms with Crippen LogP contribution in [0, 0.1) is 0 Å². The number of likely N-dealkylation sites (tertiary alicyclic amines) is 1. The van der Waals surface area contributed by atoms with Crippen molar-refractivity contribution in [3.63, 3.8) is 0 Å². The van der Waals surface area contributed by atoms with Crippen LogP contribution in [0.15, 0.2) is 0 Å². The summed E-state index contributed by atoms with van der Waals surface area (Å²) in [5, 5.41) is 2.92. The number of carbonyl (C=O) groups is 2. The van der Waals surface area contributed by atoms with Crippen LogP contribution in [-0.2, 0) is 9.59 Å². The molecule has 1 aliphatic heterocycles. The van der Waals surface area contributed by atoms with Gasteiger partial charge in [0.25, 0.3) is 0 Å².